The molecule has 2 spiro atoms. The van der Waals surface area contributed by atoms with Gasteiger partial charge in [0, 0.05) is 49.2 Å². The van der Waals surface area contributed by atoms with Crippen LogP contribution in [0.5, 0.6) is 0 Å². The Balaban J connectivity index is 1.14. The molecule has 2 aliphatic carbocycles. The quantitative estimate of drug-likeness (QED) is 0.499. The summed E-state index contributed by atoms with van der Waals surface area (Å²) in [6.45, 7) is 6.76. The van der Waals surface area contributed by atoms with Crippen molar-refractivity contribution in [3.8, 4) is 0 Å². The molecule has 4 aliphatic rings. The lowest BCUT2D eigenvalue weighted by Crippen LogP contribution is -2.56. The van der Waals surface area contributed by atoms with Crippen LogP contribution in [0.2, 0.25) is 5.02 Å². The predicted octanol–water partition coefficient (Wildman–Crippen LogP) is 3.86. The zero-order chi connectivity index (χ0) is 26.0. The van der Waals surface area contributed by atoms with Gasteiger partial charge in [0.25, 0.3) is 0 Å². The molecule has 200 valence electrons. The van der Waals surface area contributed by atoms with E-state index in [1.807, 2.05) is 19.9 Å². The van der Waals surface area contributed by atoms with Crippen molar-refractivity contribution in [1.29, 1.82) is 0 Å². The smallest absolute Gasteiger partial charge is 0.152 e. The van der Waals surface area contributed by atoms with Crippen LogP contribution < -0.4 is 15.5 Å². The highest BCUT2D eigenvalue weighted by molar-refractivity contribution is 7.99. The topological polar surface area (TPSA) is 112 Å². The van der Waals surface area contributed by atoms with E-state index in [-0.39, 0.29) is 17.9 Å². The van der Waals surface area contributed by atoms with E-state index in [1.165, 1.54) is 37.4 Å². The first-order valence-corrected chi connectivity index (χ1v) is 14.6. The number of aromatic nitrogens is 3. The first-order chi connectivity index (χ1) is 17.6. The number of aliphatic hydroxyl groups excluding tert-OH is 1. The van der Waals surface area contributed by atoms with E-state index in [9.17, 15) is 10.2 Å². The summed E-state index contributed by atoms with van der Waals surface area (Å²) < 4.78 is 0. The largest absolute Gasteiger partial charge is 0.390 e. The fourth-order valence-corrected chi connectivity index (χ4v) is 7.80. The average molecular weight is 545 g/mol. The number of aliphatic hydroxyl groups is 2. The van der Waals surface area contributed by atoms with Gasteiger partial charge in [-0.2, -0.15) is 0 Å². The number of anilines is 2. The van der Waals surface area contributed by atoms with Crippen LogP contribution in [0.25, 0.3) is 0 Å². The van der Waals surface area contributed by atoms with Crippen molar-refractivity contribution < 1.29 is 10.2 Å². The molecule has 4 fully saturated rings. The molecular weight excluding hydrogens is 508 g/mol. The molecule has 2 aliphatic heterocycles. The van der Waals surface area contributed by atoms with Gasteiger partial charge in [-0.25, -0.2) is 15.0 Å². The third kappa shape index (κ3) is 4.50. The van der Waals surface area contributed by atoms with Gasteiger partial charge in [0.2, 0.25) is 0 Å². The van der Waals surface area contributed by atoms with Crippen molar-refractivity contribution in [3.63, 3.8) is 0 Å². The van der Waals surface area contributed by atoms with Gasteiger partial charge in [-0.05, 0) is 69.3 Å². The van der Waals surface area contributed by atoms with Crippen molar-refractivity contribution in [1.82, 2.24) is 15.0 Å². The summed E-state index contributed by atoms with van der Waals surface area (Å²) in [5.41, 5.74) is 7.37. The molecule has 2 aromatic rings. The Morgan fingerprint density at radius 3 is 2.32 bits per heavy atom. The first kappa shape index (κ1) is 25.6. The molecule has 1 atom stereocenters. The lowest BCUT2D eigenvalue weighted by Gasteiger charge is -2.46. The van der Waals surface area contributed by atoms with Crippen LogP contribution in [0, 0.1) is 16.7 Å². The number of piperidine rings is 1. The van der Waals surface area contributed by atoms with Gasteiger partial charge < -0.3 is 25.7 Å². The maximum atomic E-state index is 10.2. The maximum Gasteiger partial charge on any atom is 0.152 e. The molecule has 0 aromatic carbocycles. The van der Waals surface area contributed by atoms with Crippen LogP contribution in [0.4, 0.5) is 11.6 Å². The van der Waals surface area contributed by atoms with Crippen LogP contribution in [0.3, 0.4) is 0 Å². The van der Waals surface area contributed by atoms with E-state index >= 15 is 0 Å². The zero-order valence-corrected chi connectivity index (χ0v) is 23.2. The molecule has 2 saturated heterocycles. The Kier molecular flexibility index (Phi) is 6.39. The number of nitrogens with two attached hydrogens (primary N) is 1. The lowest BCUT2D eigenvalue weighted by atomic mass is 9.72. The number of hydrogen-bond donors (Lipinski definition) is 3. The van der Waals surface area contributed by atoms with E-state index in [2.05, 4.69) is 14.8 Å². The van der Waals surface area contributed by atoms with Crippen LogP contribution >= 0.6 is 23.4 Å². The third-order valence-electron chi connectivity index (χ3n) is 9.57. The first-order valence-electron chi connectivity index (χ1n) is 13.4. The SMILES string of the molecule is CC(C)(O)C1CN(c2nccc(Sc3cnc(N4CCC5(CC4)CCC4(CC4)[C@H]5N)c(CO)n3)c2Cl)C1. The summed E-state index contributed by atoms with van der Waals surface area (Å²) in [7, 11) is 0. The van der Waals surface area contributed by atoms with Gasteiger partial charge in [-0.3, -0.25) is 0 Å². The highest BCUT2D eigenvalue weighted by atomic mass is 35.5. The molecule has 2 aromatic heterocycles. The van der Waals surface area contributed by atoms with E-state index < -0.39 is 5.60 Å². The van der Waals surface area contributed by atoms with Gasteiger partial charge in [-0.1, -0.05) is 23.4 Å². The Bertz CT molecular complexity index is 1170. The third-order valence-corrected chi connectivity index (χ3v) is 11.0. The molecule has 4 heterocycles. The fraction of sp³-hybridized carbons (Fsp3) is 0.667. The minimum Gasteiger partial charge on any atom is -0.390 e. The van der Waals surface area contributed by atoms with Crippen molar-refractivity contribution in [2.45, 2.75) is 80.5 Å². The minimum absolute atomic E-state index is 0.164. The van der Waals surface area contributed by atoms with Gasteiger partial charge in [0.1, 0.15) is 16.5 Å². The Hall–Kier alpha value is -1.65. The highest BCUT2D eigenvalue weighted by Crippen LogP contribution is 2.65. The van der Waals surface area contributed by atoms with Gasteiger partial charge >= 0.3 is 0 Å². The molecule has 8 nitrogen and oxygen atoms in total. The van der Waals surface area contributed by atoms with Crippen LogP contribution in [-0.4, -0.2) is 63.0 Å². The minimum atomic E-state index is -0.717. The van der Waals surface area contributed by atoms with Crippen molar-refractivity contribution in [3.05, 3.63) is 29.2 Å². The van der Waals surface area contributed by atoms with Crippen molar-refractivity contribution in [2.75, 3.05) is 36.0 Å². The Morgan fingerprint density at radius 2 is 1.70 bits per heavy atom. The summed E-state index contributed by atoms with van der Waals surface area (Å²) >= 11 is 8.17. The molecule has 2 saturated carbocycles. The van der Waals surface area contributed by atoms with Gasteiger partial charge in [-0.15, -0.1) is 0 Å². The molecule has 4 N–H and O–H groups in total. The second-order valence-corrected chi connectivity index (χ2v) is 13.6. The molecule has 0 unspecified atom stereocenters. The monoisotopic (exact) mass is 544 g/mol. The van der Waals surface area contributed by atoms with Crippen molar-refractivity contribution >= 4 is 35.0 Å². The standard InChI is InChI=1S/C27H37ClN6O2S/c1-25(2,36)17-14-34(15-17)23-21(28)19(3-10-30-23)37-20-13-31-22(18(16-35)32-20)33-11-8-27(9-12-33)7-6-26(4-5-26)24(27)29/h3,10,13,17,24,35-36H,4-9,11-12,14-16,29H2,1-2H3/t24-/m1/s1. The van der Waals surface area contributed by atoms with Crippen LogP contribution in [-0.2, 0) is 6.61 Å². The van der Waals surface area contributed by atoms with E-state index in [0.29, 0.717) is 27.2 Å². The summed E-state index contributed by atoms with van der Waals surface area (Å²) in [5.74, 6) is 1.68. The van der Waals surface area contributed by atoms with E-state index in [0.717, 1.165) is 55.6 Å². The summed E-state index contributed by atoms with van der Waals surface area (Å²) in [6, 6.07) is 2.20. The molecule has 10 heteroatoms. The Labute approximate surface area is 228 Å². The molecule has 0 amide bonds. The van der Waals surface area contributed by atoms with Crippen LogP contribution in [0.1, 0.15) is 58.1 Å². The van der Waals surface area contributed by atoms with Crippen molar-refractivity contribution in [2.24, 2.45) is 22.5 Å². The second kappa shape index (κ2) is 9.23. The number of nitrogens with zero attached hydrogens (tertiary/aromatic N) is 5. The number of halogens is 1. The molecular formula is C27H37ClN6O2S. The molecule has 0 bridgehead atoms. The van der Waals surface area contributed by atoms with Crippen LogP contribution in [0.15, 0.2) is 28.4 Å². The Morgan fingerprint density at radius 1 is 1.05 bits per heavy atom. The fourth-order valence-electron chi connectivity index (χ4n) is 6.65. The van der Waals surface area contributed by atoms with Gasteiger partial charge in [0.05, 0.1) is 23.4 Å². The van der Waals surface area contributed by atoms with E-state index in [4.69, 9.17) is 27.3 Å². The summed E-state index contributed by atoms with van der Waals surface area (Å²) in [4.78, 5) is 19.2. The molecule has 0 radical (unpaired) electrons. The van der Waals surface area contributed by atoms with Gasteiger partial charge in [0.15, 0.2) is 5.82 Å². The zero-order valence-electron chi connectivity index (χ0n) is 21.7. The highest BCUT2D eigenvalue weighted by Gasteiger charge is 2.61. The maximum absolute atomic E-state index is 10.2. The summed E-state index contributed by atoms with van der Waals surface area (Å²) in [5, 5.41) is 21.6. The number of rotatable bonds is 6. The summed E-state index contributed by atoms with van der Waals surface area (Å²) in [6.07, 6.45) is 10.8. The second-order valence-electron chi connectivity index (χ2n) is 12.1. The number of pyridine rings is 1. The predicted molar refractivity (Wildman–Crippen MR) is 146 cm³/mol. The average Bonchev–Trinajstić information content (AvgIpc) is 3.59. The molecule has 37 heavy (non-hydrogen) atoms. The molecule has 6 rings (SSSR count). The normalized spacial score (nSPS) is 24.6. The van der Waals surface area contributed by atoms with E-state index in [1.54, 1.807) is 12.4 Å². The lowest BCUT2D eigenvalue weighted by molar-refractivity contribution is 0.00438. The number of hydrogen-bond acceptors (Lipinski definition) is 9.